The van der Waals surface area contributed by atoms with Gasteiger partial charge in [-0.15, -0.1) is 0 Å². The van der Waals surface area contributed by atoms with Gasteiger partial charge in [0, 0.05) is 19.3 Å². The molecule has 0 bridgehead atoms. The summed E-state index contributed by atoms with van der Waals surface area (Å²) in [5.41, 5.74) is 10.8. The lowest BCUT2D eigenvalue weighted by Gasteiger charge is -2.27. The van der Waals surface area contributed by atoms with Crippen LogP contribution in [0.5, 0.6) is 0 Å². The molecule has 4 N–H and O–H groups in total. The summed E-state index contributed by atoms with van der Waals surface area (Å²) in [5.74, 6) is -3.51. The van der Waals surface area contributed by atoms with Crippen LogP contribution < -0.4 is 11.5 Å². The van der Waals surface area contributed by atoms with E-state index in [-0.39, 0.29) is 12.1 Å². The lowest BCUT2D eigenvalue weighted by Crippen LogP contribution is -2.44. The SMILES string of the molecule is CN(C[C@H](N)CF)C(=O)[C@@H](c1ccc(N)cc1)C(F)(F)F. The molecule has 1 rings (SSSR count). The van der Waals surface area contributed by atoms with E-state index in [1.165, 1.54) is 12.1 Å². The molecular weight excluding hydrogens is 290 g/mol. The van der Waals surface area contributed by atoms with Crippen LogP contribution in [0, 0.1) is 0 Å². The molecule has 0 unspecified atom stereocenters. The summed E-state index contributed by atoms with van der Waals surface area (Å²) >= 11 is 0. The van der Waals surface area contributed by atoms with Crippen LogP contribution in [0.2, 0.25) is 0 Å². The van der Waals surface area contributed by atoms with E-state index >= 15 is 0 Å². The molecule has 0 spiro atoms. The minimum Gasteiger partial charge on any atom is -0.399 e. The number of carbonyl (C=O) groups excluding carboxylic acids is 1. The summed E-state index contributed by atoms with van der Waals surface area (Å²) in [6.45, 7) is -1.22. The monoisotopic (exact) mass is 307 g/mol. The van der Waals surface area contributed by atoms with Crippen LogP contribution in [-0.4, -0.2) is 43.3 Å². The Morgan fingerprint density at radius 3 is 2.24 bits per heavy atom. The molecule has 0 saturated carbocycles. The predicted molar refractivity (Wildman–Crippen MR) is 71.2 cm³/mol. The molecule has 0 aliphatic heterocycles. The quantitative estimate of drug-likeness (QED) is 0.642. The van der Waals surface area contributed by atoms with Crippen molar-refractivity contribution in [3.05, 3.63) is 29.8 Å². The number of nitrogens with zero attached hydrogens (tertiary/aromatic N) is 1. The molecular formula is C13H17F4N3O. The van der Waals surface area contributed by atoms with Gasteiger partial charge >= 0.3 is 6.18 Å². The van der Waals surface area contributed by atoms with E-state index in [2.05, 4.69) is 0 Å². The third kappa shape index (κ3) is 4.59. The lowest BCUT2D eigenvalue weighted by molar-refractivity contribution is -0.171. The average molecular weight is 307 g/mol. The van der Waals surface area contributed by atoms with Gasteiger partial charge in [0.2, 0.25) is 5.91 Å². The number of anilines is 1. The zero-order valence-corrected chi connectivity index (χ0v) is 11.4. The summed E-state index contributed by atoms with van der Waals surface area (Å²) in [4.78, 5) is 12.8. The van der Waals surface area contributed by atoms with Crippen molar-refractivity contribution in [1.82, 2.24) is 4.90 Å². The van der Waals surface area contributed by atoms with E-state index in [4.69, 9.17) is 11.5 Å². The summed E-state index contributed by atoms with van der Waals surface area (Å²) in [6, 6.07) is 3.85. The first-order valence-corrected chi connectivity index (χ1v) is 6.15. The van der Waals surface area contributed by atoms with Crippen LogP contribution in [-0.2, 0) is 4.79 Å². The number of likely N-dealkylation sites (N-methyl/N-ethyl adjacent to an activating group) is 1. The lowest BCUT2D eigenvalue weighted by atomic mass is 9.96. The van der Waals surface area contributed by atoms with Crippen molar-refractivity contribution >= 4 is 11.6 Å². The number of hydrogen-bond donors (Lipinski definition) is 2. The molecule has 1 aromatic rings. The Kier molecular flexibility index (Phi) is 5.54. The fraction of sp³-hybridized carbons (Fsp3) is 0.462. The van der Waals surface area contributed by atoms with Crippen molar-refractivity contribution in [1.29, 1.82) is 0 Å². The Labute approximate surface area is 119 Å². The Hall–Kier alpha value is -1.83. The van der Waals surface area contributed by atoms with Gasteiger partial charge in [0.1, 0.15) is 6.67 Å². The topological polar surface area (TPSA) is 72.3 Å². The number of amides is 1. The summed E-state index contributed by atoms with van der Waals surface area (Å²) < 4.78 is 51.8. The molecule has 0 radical (unpaired) electrons. The number of nitrogens with two attached hydrogens (primary N) is 2. The number of carbonyl (C=O) groups is 1. The van der Waals surface area contributed by atoms with Gasteiger partial charge in [-0.3, -0.25) is 4.79 Å². The maximum atomic E-state index is 13.2. The van der Waals surface area contributed by atoms with Gasteiger partial charge in [-0.2, -0.15) is 13.2 Å². The molecule has 118 valence electrons. The highest BCUT2D eigenvalue weighted by molar-refractivity contribution is 5.84. The van der Waals surface area contributed by atoms with Crippen molar-refractivity contribution in [2.45, 2.75) is 18.1 Å². The molecule has 0 heterocycles. The van der Waals surface area contributed by atoms with Crippen molar-refractivity contribution in [3.63, 3.8) is 0 Å². The van der Waals surface area contributed by atoms with Gasteiger partial charge < -0.3 is 16.4 Å². The Balaban J connectivity index is 3.03. The first-order chi connectivity index (χ1) is 9.66. The summed E-state index contributed by atoms with van der Waals surface area (Å²) in [7, 11) is 1.16. The molecule has 4 nitrogen and oxygen atoms in total. The van der Waals surface area contributed by atoms with Gasteiger partial charge in [0.15, 0.2) is 5.92 Å². The molecule has 2 atom stereocenters. The van der Waals surface area contributed by atoms with Crippen LogP contribution in [0.3, 0.4) is 0 Å². The smallest absolute Gasteiger partial charge is 0.399 e. The zero-order valence-electron chi connectivity index (χ0n) is 11.4. The van der Waals surface area contributed by atoms with Gasteiger partial charge in [-0.1, -0.05) is 12.1 Å². The minimum absolute atomic E-state index is 0.220. The highest BCUT2D eigenvalue weighted by atomic mass is 19.4. The molecule has 1 aromatic carbocycles. The van der Waals surface area contributed by atoms with Crippen molar-refractivity contribution in [2.75, 3.05) is 26.0 Å². The van der Waals surface area contributed by atoms with Crippen molar-refractivity contribution in [3.8, 4) is 0 Å². The van der Waals surface area contributed by atoms with Crippen LogP contribution in [0.15, 0.2) is 24.3 Å². The second-order valence-electron chi connectivity index (χ2n) is 4.77. The molecule has 8 heteroatoms. The largest absolute Gasteiger partial charge is 0.404 e. The molecule has 0 aliphatic rings. The number of halogens is 4. The summed E-state index contributed by atoms with van der Waals surface area (Å²) in [5, 5.41) is 0. The minimum atomic E-state index is -4.76. The third-order valence-electron chi connectivity index (χ3n) is 2.93. The van der Waals surface area contributed by atoms with E-state index in [9.17, 15) is 22.4 Å². The van der Waals surface area contributed by atoms with Crippen LogP contribution in [0.1, 0.15) is 11.5 Å². The van der Waals surface area contributed by atoms with E-state index in [0.717, 1.165) is 24.1 Å². The molecule has 0 aromatic heterocycles. The number of benzene rings is 1. The van der Waals surface area contributed by atoms with E-state index in [0.29, 0.717) is 5.69 Å². The van der Waals surface area contributed by atoms with Gasteiger partial charge in [0.25, 0.3) is 0 Å². The zero-order chi connectivity index (χ0) is 16.2. The predicted octanol–water partition coefficient (Wildman–Crippen LogP) is 1.67. The molecule has 0 aliphatic carbocycles. The fourth-order valence-electron chi connectivity index (χ4n) is 1.87. The standard InChI is InChI=1S/C13H17F4N3O/c1-20(7-10(19)6-14)12(21)11(13(15,16)17)8-2-4-9(18)5-3-8/h2-5,10-11H,6-7,18-19H2,1H3/t10-,11-/m1/s1. The normalized spacial score (nSPS) is 14.6. The number of alkyl halides is 4. The maximum absolute atomic E-state index is 13.2. The number of nitrogen functional groups attached to an aromatic ring is 1. The van der Waals surface area contributed by atoms with E-state index in [1.807, 2.05) is 0 Å². The van der Waals surface area contributed by atoms with Crippen LogP contribution in [0.4, 0.5) is 23.2 Å². The highest BCUT2D eigenvalue weighted by Gasteiger charge is 2.47. The first kappa shape index (κ1) is 17.2. The van der Waals surface area contributed by atoms with Crippen LogP contribution in [0.25, 0.3) is 0 Å². The van der Waals surface area contributed by atoms with Gasteiger partial charge in [-0.05, 0) is 17.7 Å². The fourth-order valence-corrected chi connectivity index (χ4v) is 1.87. The average Bonchev–Trinajstić information content (AvgIpc) is 2.39. The molecule has 1 amide bonds. The van der Waals surface area contributed by atoms with E-state index < -0.39 is 30.7 Å². The van der Waals surface area contributed by atoms with Crippen molar-refractivity contribution < 1.29 is 22.4 Å². The molecule has 21 heavy (non-hydrogen) atoms. The molecule has 0 fully saturated rings. The Bertz CT molecular complexity index is 475. The van der Waals surface area contributed by atoms with Gasteiger partial charge in [-0.25, -0.2) is 4.39 Å². The maximum Gasteiger partial charge on any atom is 0.404 e. The van der Waals surface area contributed by atoms with Crippen molar-refractivity contribution in [2.24, 2.45) is 5.73 Å². The van der Waals surface area contributed by atoms with Crippen LogP contribution >= 0.6 is 0 Å². The third-order valence-corrected chi connectivity index (χ3v) is 2.93. The first-order valence-electron chi connectivity index (χ1n) is 6.15. The Morgan fingerprint density at radius 1 is 1.29 bits per heavy atom. The molecule has 0 saturated heterocycles. The second kappa shape index (κ2) is 6.75. The highest BCUT2D eigenvalue weighted by Crippen LogP contribution is 2.36. The van der Waals surface area contributed by atoms with Gasteiger partial charge in [0.05, 0.1) is 6.04 Å². The Morgan fingerprint density at radius 2 is 1.81 bits per heavy atom. The second-order valence-corrected chi connectivity index (χ2v) is 4.77. The van der Waals surface area contributed by atoms with E-state index in [1.54, 1.807) is 0 Å². The number of rotatable bonds is 5. The summed E-state index contributed by atoms with van der Waals surface area (Å²) in [6.07, 6.45) is -4.76. The number of hydrogen-bond acceptors (Lipinski definition) is 3.